The van der Waals surface area contributed by atoms with Crippen molar-refractivity contribution in [2.75, 3.05) is 19.6 Å². The molecule has 2 nitrogen and oxygen atoms in total. The maximum Gasteiger partial charge on any atom is 0.0819 e. The number of hydrogen-bond donors (Lipinski definition) is 1. The zero-order valence-corrected chi connectivity index (χ0v) is 11.3. The number of hydrogen-bond acceptors (Lipinski definition) is 2. The van der Waals surface area contributed by atoms with Crippen LogP contribution in [-0.4, -0.2) is 29.6 Å². The van der Waals surface area contributed by atoms with Crippen molar-refractivity contribution in [2.45, 2.75) is 18.9 Å². The number of nitrogens with zero attached hydrogens (tertiary/aromatic N) is 1. The lowest BCUT2D eigenvalue weighted by molar-refractivity contribution is 0.0621. The summed E-state index contributed by atoms with van der Waals surface area (Å²) in [5.74, 6) is 0.354. The molecule has 1 unspecified atom stereocenters. The van der Waals surface area contributed by atoms with Crippen molar-refractivity contribution in [2.24, 2.45) is 5.92 Å². The fourth-order valence-electron chi connectivity index (χ4n) is 2.57. The minimum Gasteiger partial charge on any atom is -0.388 e. The fraction of sp³-hybridized carbons (Fsp3) is 0.467. The van der Waals surface area contributed by atoms with Crippen molar-refractivity contribution >= 4 is 11.6 Å². The summed E-state index contributed by atoms with van der Waals surface area (Å²) in [5.41, 5.74) is 0.974. The second kappa shape index (κ2) is 6.37. The van der Waals surface area contributed by atoms with E-state index in [-0.39, 0.29) is 6.10 Å². The Morgan fingerprint density at radius 3 is 2.50 bits per heavy atom. The Kier molecular flexibility index (Phi) is 4.81. The van der Waals surface area contributed by atoms with Gasteiger partial charge in [-0.1, -0.05) is 29.8 Å². The van der Waals surface area contributed by atoms with E-state index < -0.39 is 0 Å². The van der Waals surface area contributed by atoms with Gasteiger partial charge < -0.3 is 5.11 Å². The molecule has 1 heterocycles. The van der Waals surface area contributed by atoms with Crippen LogP contribution in [0.5, 0.6) is 0 Å². The van der Waals surface area contributed by atoms with Gasteiger partial charge in [-0.05, 0) is 49.5 Å². The molecule has 1 N–H and O–H groups in total. The summed E-state index contributed by atoms with van der Waals surface area (Å²) in [6, 6.07) is 7.52. The Labute approximate surface area is 114 Å². The van der Waals surface area contributed by atoms with E-state index in [4.69, 9.17) is 11.6 Å². The molecule has 0 spiro atoms. The highest BCUT2D eigenvalue weighted by atomic mass is 35.5. The quantitative estimate of drug-likeness (QED) is 0.845. The van der Waals surface area contributed by atoms with E-state index in [9.17, 15) is 5.11 Å². The summed E-state index contributed by atoms with van der Waals surface area (Å²) in [6.07, 6.45) is 3.65. The predicted octanol–water partition coefficient (Wildman–Crippen LogP) is 3.27. The summed E-state index contributed by atoms with van der Waals surface area (Å²) in [6.45, 7) is 6.80. The van der Waals surface area contributed by atoms with E-state index in [0.29, 0.717) is 10.9 Å². The second-order valence-electron chi connectivity index (χ2n) is 4.92. The molecule has 1 aromatic carbocycles. The lowest BCUT2D eigenvalue weighted by Gasteiger charge is -2.33. The van der Waals surface area contributed by atoms with Crippen LogP contribution in [0.15, 0.2) is 36.9 Å². The summed E-state index contributed by atoms with van der Waals surface area (Å²) in [4.78, 5) is 2.37. The van der Waals surface area contributed by atoms with Crippen molar-refractivity contribution in [1.29, 1.82) is 0 Å². The maximum atomic E-state index is 10.4. The molecule has 0 saturated carbocycles. The first-order valence-electron chi connectivity index (χ1n) is 6.47. The molecule has 0 aliphatic carbocycles. The first-order chi connectivity index (χ1) is 8.70. The average molecular weight is 266 g/mol. The van der Waals surface area contributed by atoms with Gasteiger partial charge in [0, 0.05) is 11.6 Å². The highest BCUT2D eigenvalue weighted by molar-refractivity contribution is 6.30. The lowest BCUT2D eigenvalue weighted by Crippen LogP contribution is -2.35. The molecule has 98 valence electrons. The van der Waals surface area contributed by atoms with Gasteiger partial charge in [0.15, 0.2) is 0 Å². The molecule has 18 heavy (non-hydrogen) atoms. The third-order valence-corrected chi connectivity index (χ3v) is 3.93. The minimum absolute atomic E-state index is 0.354. The van der Waals surface area contributed by atoms with Gasteiger partial charge in [0.2, 0.25) is 0 Å². The van der Waals surface area contributed by atoms with Gasteiger partial charge >= 0.3 is 0 Å². The van der Waals surface area contributed by atoms with Crippen molar-refractivity contribution in [3.8, 4) is 0 Å². The van der Waals surface area contributed by atoms with Crippen molar-refractivity contribution < 1.29 is 5.11 Å². The van der Waals surface area contributed by atoms with Gasteiger partial charge in [0.1, 0.15) is 0 Å². The predicted molar refractivity (Wildman–Crippen MR) is 75.8 cm³/mol. The van der Waals surface area contributed by atoms with E-state index in [1.54, 1.807) is 0 Å². The van der Waals surface area contributed by atoms with Crippen LogP contribution in [0.1, 0.15) is 24.5 Å². The zero-order valence-electron chi connectivity index (χ0n) is 10.6. The Morgan fingerprint density at radius 1 is 1.33 bits per heavy atom. The Bertz CT molecular complexity index is 382. The van der Waals surface area contributed by atoms with Crippen LogP contribution in [0.4, 0.5) is 0 Å². The summed E-state index contributed by atoms with van der Waals surface area (Å²) < 4.78 is 0. The molecule has 0 radical (unpaired) electrons. The Balaban J connectivity index is 1.92. The largest absolute Gasteiger partial charge is 0.388 e. The van der Waals surface area contributed by atoms with Crippen LogP contribution in [0.3, 0.4) is 0 Å². The third-order valence-electron chi connectivity index (χ3n) is 3.68. The SMILES string of the molecule is C=CCN1CCC(C(O)c2ccc(Cl)cc2)CC1. The first kappa shape index (κ1) is 13.6. The zero-order chi connectivity index (χ0) is 13.0. The summed E-state index contributed by atoms with van der Waals surface area (Å²) >= 11 is 5.86. The van der Waals surface area contributed by atoms with Crippen molar-refractivity contribution in [1.82, 2.24) is 4.90 Å². The molecule has 1 saturated heterocycles. The number of aliphatic hydroxyl groups excluding tert-OH is 1. The van der Waals surface area contributed by atoms with Gasteiger partial charge in [0.05, 0.1) is 6.10 Å². The topological polar surface area (TPSA) is 23.5 Å². The number of halogens is 1. The molecule has 2 rings (SSSR count). The van der Waals surface area contributed by atoms with Crippen LogP contribution in [0, 0.1) is 5.92 Å². The Hall–Kier alpha value is -0.830. The average Bonchev–Trinajstić information content (AvgIpc) is 2.40. The molecular formula is C15H20ClNO. The van der Waals surface area contributed by atoms with E-state index in [0.717, 1.165) is 38.0 Å². The molecule has 1 aromatic rings. The third kappa shape index (κ3) is 3.35. The molecule has 1 atom stereocenters. The first-order valence-corrected chi connectivity index (χ1v) is 6.85. The van der Waals surface area contributed by atoms with Crippen LogP contribution in [-0.2, 0) is 0 Å². The van der Waals surface area contributed by atoms with E-state index in [2.05, 4.69) is 11.5 Å². The number of piperidine rings is 1. The van der Waals surface area contributed by atoms with Crippen LogP contribution >= 0.6 is 11.6 Å². The van der Waals surface area contributed by atoms with Crippen molar-refractivity contribution in [3.05, 3.63) is 47.5 Å². The van der Waals surface area contributed by atoms with Gasteiger partial charge in [-0.25, -0.2) is 0 Å². The van der Waals surface area contributed by atoms with Crippen LogP contribution in [0.25, 0.3) is 0 Å². The molecule has 0 aromatic heterocycles. The van der Waals surface area contributed by atoms with Gasteiger partial charge in [0.25, 0.3) is 0 Å². The maximum absolute atomic E-state index is 10.4. The van der Waals surface area contributed by atoms with Crippen LogP contribution in [0.2, 0.25) is 5.02 Å². The van der Waals surface area contributed by atoms with Crippen LogP contribution < -0.4 is 0 Å². The highest BCUT2D eigenvalue weighted by Crippen LogP contribution is 2.31. The second-order valence-corrected chi connectivity index (χ2v) is 5.36. The van der Waals surface area contributed by atoms with Crippen molar-refractivity contribution in [3.63, 3.8) is 0 Å². The fourth-order valence-corrected chi connectivity index (χ4v) is 2.69. The standard InChI is InChI=1S/C15H20ClNO/c1-2-9-17-10-7-13(8-11-17)15(18)12-3-5-14(16)6-4-12/h2-6,13,15,18H,1,7-11H2. The van der Waals surface area contributed by atoms with E-state index >= 15 is 0 Å². The smallest absolute Gasteiger partial charge is 0.0819 e. The minimum atomic E-state index is -0.367. The molecule has 3 heteroatoms. The van der Waals surface area contributed by atoms with E-state index in [1.807, 2.05) is 30.3 Å². The number of likely N-dealkylation sites (tertiary alicyclic amines) is 1. The lowest BCUT2D eigenvalue weighted by atomic mass is 9.87. The van der Waals surface area contributed by atoms with E-state index in [1.165, 1.54) is 0 Å². The van der Waals surface area contributed by atoms with Gasteiger partial charge in [-0.3, -0.25) is 4.90 Å². The normalized spacial score (nSPS) is 19.7. The monoisotopic (exact) mass is 265 g/mol. The highest BCUT2D eigenvalue weighted by Gasteiger charge is 2.25. The van der Waals surface area contributed by atoms with Gasteiger partial charge in [-0.15, -0.1) is 6.58 Å². The summed E-state index contributed by atoms with van der Waals surface area (Å²) in [5, 5.41) is 11.1. The summed E-state index contributed by atoms with van der Waals surface area (Å²) in [7, 11) is 0. The number of benzene rings is 1. The Morgan fingerprint density at radius 2 is 1.94 bits per heavy atom. The molecule has 1 fully saturated rings. The molecule has 0 bridgehead atoms. The molecule has 1 aliphatic rings. The molecule has 0 amide bonds. The number of aliphatic hydroxyl groups is 1. The number of rotatable bonds is 4. The van der Waals surface area contributed by atoms with Gasteiger partial charge in [-0.2, -0.15) is 0 Å². The molecular weight excluding hydrogens is 246 g/mol. The molecule has 1 aliphatic heterocycles.